The first kappa shape index (κ1) is 19.5. The summed E-state index contributed by atoms with van der Waals surface area (Å²) in [5.41, 5.74) is 8.71. The monoisotopic (exact) mass is 386 g/mol. The van der Waals surface area contributed by atoms with E-state index in [1.54, 1.807) is 18.9 Å². The minimum absolute atomic E-state index is 0.0161. The molecular formula is C20H26N4O2S. The Kier molecular flexibility index (Phi) is 6.98. The average molecular weight is 387 g/mol. The lowest BCUT2D eigenvalue weighted by Gasteiger charge is -2.13. The van der Waals surface area contributed by atoms with E-state index in [1.807, 2.05) is 55.6 Å². The first-order chi connectivity index (χ1) is 13.2. The maximum absolute atomic E-state index is 5.48. The highest BCUT2D eigenvalue weighted by atomic mass is 32.2. The SMILES string of the molecule is CCOc1ccc(N/C(=N/C2CC(c3ccccc3OC)NN2)SC)cc1. The Labute approximate surface area is 164 Å². The van der Waals surface area contributed by atoms with Crippen molar-refractivity contribution in [2.75, 3.05) is 25.3 Å². The fourth-order valence-corrected chi connectivity index (χ4v) is 3.44. The van der Waals surface area contributed by atoms with Gasteiger partial charge < -0.3 is 14.8 Å². The molecule has 0 radical (unpaired) electrons. The zero-order chi connectivity index (χ0) is 19.1. The van der Waals surface area contributed by atoms with Crippen LogP contribution < -0.4 is 25.6 Å². The zero-order valence-corrected chi connectivity index (χ0v) is 16.7. The van der Waals surface area contributed by atoms with Crippen molar-refractivity contribution in [3.05, 3.63) is 54.1 Å². The third-order valence-electron chi connectivity index (χ3n) is 4.28. The highest BCUT2D eigenvalue weighted by Gasteiger charge is 2.27. The van der Waals surface area contributed by atoms with Gasteiger partial charge in [-0.1, -0.05) is 30.0 Å². The molecule has 1 heterocycles. The van der Waals surface area contributed by atoms with Gasteiger partial charge >= 0.3 is 0 Å². The molecule has 0 saturated carbocycles. The van der Waals surface area contributed by atoms with Gasteiger partial charge in [0, 0.05) is 17.7 Å². The van der Waals surface area contributed by atoms with Crippen molar-refractivity contribution >= 4 is 22.6 Å². The van der Waals surface area contributed by atoms with E-state index in [2.05, 4.69) is 22.2 Å². The third kappa shape index (κ3) is 5.15. The molecule has 3 N–H and O–H groups in total. The molecule has 6 nitrogen and oxygen atoms in total. The van der Waals surface area contributed by atoms with E-state index in [-0.39, 0.29) is 12.2 Å². The summed E-state index contributed by atoms with van der Waals surface area (Å²) in [7, 11) is 1.70. The van der Waals surface area contributed by atoms with Gasteiger partial charge in [-0.25, -0.2) is 15.8 Å². The average Bonchev–Trinajstić information content (AvgIpc) is 3.17. The van der Waals surface area contributed by atoms with Gasteiger partial charge in [0.05, 0.1) is 19.8 Å². The Morgan fingerprint density at radius 2 is 1.96 bits per heavy atom. The van der Waals surface area contributed by atoms with Crippen molar-refractivity contribution in [1.29, 1.82) is 0 Å². The molecule has 2 atom stereocenters. The summed E-state index contributed by atoms with van der Waals surface area (Å²) in [5.74, 6) is 1.76. The molecule has 7 heteroatoms. The maximum Gasteiger partial charge on any atom is 0.162 e. The number of nitrogens with zero attached hydrogens (tertiary/aromatic N) is 1. The van der Waals surface area contributed by atoms with Gasteiger partial charge in [0.25, 0.3) is 0 Å². The van der Waals surface area contributed by atoms with Crippen LogP contribution in [0.4, 0.5) is 5.69 Å². The topological polar surface area (TPSA) is 66.9 Å². The predicted octanol–water partition coefficient (Wildman–Crippen LogP) is 3.79. The molecule has 1 fully saturated rings. The van der Waals surface area contributed by atoms with E-state index >= 15 is 0 Å². The van der Waals surface area contributed by atoms with Crippen LogP contribution in [0.3, 0.4) is 0 Å². The summed E-state index contributed by atoms with van der Waals surface area (Å²) < 4.78 is 11.0. The summed E-state index contributed by atoms with van der Waals surface area (Å²) >= 11 is 1.59. The standard InChI is InChI=1S/C20H26N4O2S/c1-4-26-15-11-9-14(10-12-15)21-20(27-3)22-19-13-17(23-24-19)16-7-5-6-8-18(16)25-2/h5-12,17,19,23-24H,4,13H2,1-3H3,(H,21,22). The Morgan fingerprint density at radius 1 is 1.19 bits per heavy atom. The molecule has 2 aromatic rings. The van der Waals surface area contributed by atoms with Gasteiger partial charge in [-0.05, 0) is 43.5 Å². The molecule has 144 valence electrons. The minimum Gasteiger partial charge on any atom is -0.496 e. The Hall–Kier alpha value is -2.22. The van der Waals surface area contributed by atoms with E-state index in [0.717, 1.165) is 34.3 Å². The first-order valence-electron chi connectivity index (χ1n) is 8.99. The number of anilines is 1. The first-order valence-corrected chi connectivity index (χ1v) is 10.2. The number of methoxy groups -OCH3 is 1. The number of ether oxygens (including phenoxy) is 2. The molecule has 2 unspecified atom stereocenters. The number of hydrogen-bond donors (Lipinski definition) is 3. The summed E-state index contributed by atoms with van der Waals surface area (Å²) in [4.78, 5) is 4.80. The minimum atomic E-state index is -0.0161. The molecule has 1 saturated heterocycles. The molecule has 2 aromatic carbocycles. The molecule has 1 aliphatic rings. The van der Waals surface area contributed by atoms with Gasteiger partial charge in [-0.3, -0.25) is 0 Å². The number of hydrogen-bond acceptors (Lipinski definition) is 6. The van der Waals surface area contributed by atoms with Gasteiger partial charge in [-0.15, -0.1) is 0 Å². The Balaban J connectivity index is 1.64. The van der Waals surface area contributed by atoms with Crippen molar-refractivity contribution in [2.24, 2.45) is 4.99 Å². The highest BCUT2D eigenvalue weighted by molar-refractivity contribution is 8.13. The zero-order valence-electron chi connectivity index (χ0n) is 15.9. The van der Waals surface area contributed by atoms with Crippen molar-refractivity contribution < 1.29 is 9.47 Å². The number of thioether (sulfide) groups is 1. The lowest BCUT2D eigenvalue weighted by molar-refractivity contribution is 0.340. The second kappa shape index (κ2) is 9.64. The highest BCUT2D eigenvalue weighted by Crippen LogP contribution is 2.30. The third-order valence-corrected chi connectivity index (χ3v) is 4.87. The van der Waals surface area contributed by atoms with E-state index in [9.17, 15) is 0 Å². The fraction of sp³-hybridized carbons (Fsp3) is 0.350. The molecule has 27 heavy (non-hydrogen) atoms. The second-order valence-corrected chi connectivity index (χ2v) is 6.85. The van der Waals surface area contributed by atoms with Crippen LogP contribution in [-0.2, 0) is 0 Å². The molecule has 0 aliphatic carbocycles. The van der Waals surface area contributed by atoms with Crippen LogP contribution in [0.15, 0.2) is 53.5 Å². The summed E-state index contributed by atoms with van der Waals surface area (Å²) in [6.07, 6.45) is 2.84. The van der Waals surface area contributed by atoms with Crippen LogP contribution >= 0.6 is 11.8 Å². The van der Waals surface area contributed by atoms with Gasteiger partial charge in [0.15, 0.2) is 5.17 Å². The second-order valence-electron chi connectivity index (χ2n) is 6.06. The van der Waals surface area contributed by atoms with Crippen LogP contribution in [0.25, 0.3) is 0 Å². The number of nitrogens with one attached hydrogen (secondary N) is 3. The smallest absolute Gasteiger partial charge is 0.162 e. The van der Waals surface area contributed by atoms with Crippen molar-refractivity contribution in [3.8, 4) is 11.5 Å². The number of para-hydroxylation sites is 1. The van der Waals surface area contributed by atoms with Crippen LogP contribution in [0.2, 0.25) is 0 Å². The van der Waals surface area contributed by atoms with Crippen LogP contribution in [-0.4, -0.2) is 31.3 Å². The molecule has 0 aromatic heterocycles. The van der Waals surface area contributed by atoms with Gasteiger partial charge in [0.2, 0.25) is 0 Å². The van der Waals surface area contributed by atoms with E-state index < -0.39 is 0 Å². The molecule has 0 bridgehead atoms. The lowest BCUT2D eigenvalue weighted by Crippen LogP contribution is -2.30. The van der Waals surface area contributed by atoms with Crippen LogP contribution in [0.5, 0.6) is 11.5 Å². The number of benzene rings is 2. The summed E-state index contributed by atoms with van der Waals surface area (Å²) in [6, 6.07) is 16.1. The number of rotatable bonds is 6. The van der Waals surface area contributed by atoms with E-state index in [4.69, 9.17) is 14.5 Å². The van der Waals surface area contributed by atoms with Gasteiger partial charge in [0.1, 0.15) is 17.7 Å². The van der Waals surface area contributed by atoms with Crippen molar-refractivity contribution in [2.45, 2.75) is 25.6 Å². The van der Waals surface area contributed by atoms with Crippen molar-refractivity contribution in [3.63, 3.8) is 0 Å². The fourth-order valence-electron chi connectivity index (χ4n) is 2.98. The molecular weight excluding hydrogens is 360 g/mol. The van der Waals surface area contributed by atoms with Crippen LogP contribution in [0.1, 0.15) is 24.9 Å². The van der Waals surface area contributed by atoms with Crippen molar-refractivity contribution in [1.82, 2.24) is 10.9 Å². The van der Waals surface area contributed by atoms with E-state index in [1.165, 1.54) is 0 Å². The lowest BCUT2D eigenvalue weighted by atomic mass is 10.0. The molecule has 0 spiro atoms. The predicted molar refractivity (Wildman–Crippen MR) is 113 cm³/mol. The summed E-state index contributed by atoms with van der Waals surface area (Å²) in [5, 5.41) is 4.23. The maximum atomic E-state index is 5.48. The normalized spacial score (nSPS) is 19.7. The largest absolute Gasteiger partial charge is 0.496 e. The van der Waals surface area contributed by atoms with Gasteiger partial charge in [-0.2, -0.15) is 0 Å². The number of aliphatic imine (C=N–C) groups is 1. The number of amidine groups is 1. The Bertz CT molecular complexity index is 767. The Morgan fingerprint density at radius 3 is 2.67 bits per heavy atom. The molecule has 1 aliphatic heterocycles. The van der Waals surface area contributed by atoms with E-state index in [0.29, 0.717) is 6.61 Å². The molecule has 3 rings (SSSR count). The quantitative estimate of drug-likeness (QED) is 0.518. The molecule has 0 amide bonds. The number of hydrazine groups is 1. The summed E-state index contributed by atoms with van der Waals surface area (Å²) in [6.45, 7) is 2.64. The van der Waals surface area contributed by atoms with Crippen LogP contribution in [0, 0.1) is 0 Å².